The Morgan fingerprint density at radius 2 is 1.69 bits per heavy atom. The number of benzene rings is 2. The number of hydrogen-bond donors (Lipinski definition) is 7. The number of ketones is 2. The molecule has 3 aliphatic heterocycles. The van der Waals surface area contributed by atoms with Gasteiger partial charge in [0.1, 0.15) is 35.1 Å². The molecule has 7 unspecified atom stereocenters. The lowest BCUT2D eigenvalue weighted by Crippen LogP contribution is -2.68. The predicted molar refractivity (Wildman–Crippen MR) is 166 cm³/mol. The number of likely N-dealkylation sites (N-methyl/N-ethyl adjacent to an activating group) is 2. The molecule has 2 saturated heterocycles. The van der Waals surface area contributed by atoms with Crippen molar-refractivity contribution in [2.24, 2.45) is 0 Å². The first kappa shape index (κ1) is 33.3. The molecule has 0 spiro atoms. The molecule has 48 heavy (non-hydrogen) atoms. The number of aromatic hydroxyl groups is 2. The van der Waals surface area contributed by atoms with Crippen LogP contribution in [0.2, 0.25) is 0 Å². The second-order valence-electron chi connectivity index (χ2n) is 14.4. The molecule has 260 valence electrons. The first-order valence-electron chi connectivity index (χ1n) is 16.1. The van der Waals surface area contributed by atoms with Crippen molar-refractivity contribution in [1.82, 2.24) is 10.2 Å². The van der Waals surface area contributed by atoms with Gasteiger partial charge in [-0.15, -0.1) is 0 Å². The van der Waals surface area contributed by atoms with Crippen LogP contribution < -0.4 is 10.1 Å². The highest BCUT2D eigenvalue weighted by Gasteiger charge is 2.58. The molecule has 14 nitrogen and oxygen atoms in total. The summed E-state index contributed by atoms with van der Waals surface area (Å²) in [7, 11) is 5.22. The summed E-state index contributed by atoms with van der Waals surface area (Å²) >= 11 is 0. The van der Waals surface area contributed by atoms with Gasteiger partial charge in [0.15, 0.2) is 12.1 Å². The van der Waals surface area contributed by atoms with Crippen molar-refractivity contribution in [1.29, 1.82) is 0 Å². The molecule has 2 aromatic carbocycles. The number of phenolic OH excluding ortho intramolecular Hbond substituents is 2. The summed E-state index contributed by atoms with van der Waals surface area (Å²) in [4.78, 5) is 30.5. The normalized spacial score (nSPS) is 38.5. The number of ether oxygens (including phenoxy) is 4. The lowest BCUT2D eigenvalue weighted by atomic mass is 9.72. The molecule has 3 heterocycles. The quantitative estimate of drug-likeness (QED) is 0.187. The fourth-order valence-corrected chi connectivity index (χ4v) is 8.25. The number of phenols is 2. The van der Waals surface area contributed by atoms with Crippen molar-refractivity contribution >= 4 is 11.6 Å². The van der Waals surface area contributed by atoms with Gasteiger partial charge >= 0.3 is 0 Å². The number of nitrogens with one attached hydrogen (secondary N) is 1. The predicted octanol–water partition coefficient (Wildman–Crippen LogP) is 0.328. The van der Waals surface area contributed by atoms with Gasteiger partial charge in [-0.3, -0.25) is 9.59 Å². The average Bonchev–Trinajstić information content (AvgIpc) is 3.01. The molecule has 2 fully saturated rings. The molecule has 0 aromatic heterocycles. The number of nitrogens with zero attached hydrogens (tertiary/aromatic N) is 1. The van der Waals surface area contributed by atoms with Gasteiger partial charge in [-0.1, -0.05) is 6.07 Å². The summed E-state index contributed by atoms with van der Waals surface area (Å²) < 4.78 is 24.2. The highest BCUT2D eigenvalue weighted by molar-refractivity contribution is 6.31. The zero-order chi connectivity index (χ0) is 34.8. The zero-order valence-corrected chi connectivity index (χ0v) is 27.6. The van der Waals surface area contributed by atoms with Crippen molar-refractivity contribution in [2.45, 2.75) is 106 Å². The molecule has 5 aliphatic rings. The third-order valence-electron chi connectivity index (χ3n) is 10.8. The third kappa shape index (κ3) is 4.66. The molecule has 2 aliphatic carbocycles. The van der Waals surface area contributed by atoms with E-state index in [-0.39, 0.29) is 58.9 Å². The maximum Gasteiger partial charge on any atom is 0.228 e. The number of rotatable bonds is 4. The van der Waals surface area contributed by atoms with Crippen molar-refractivity contribution < 1.29 is 59.2 Å². The van der Waals surface area contributed by atoms with E-state index in [1.54, 1.807) is 27.8 Å². The van der Waals surface area contributed by atoms with Crippen LogP contribution in [0.15, 0.2) is 12.1 Å². The van der Waals surface area contributed by atoms with E-state index in [2.05, 4.69) is 5.32 Å². The Morgan fingerprint density at radius 1 is 1.00 bits per heavy atom. The Balaban J connectivity index is 1.34. The molecule has 0 amide bonds. The van der Waals surface area contributed by atoms with Crippen molar-refractivity contribution in [3.8, 4) is 17.2 Å². The van der Waals surface area contributed by atoms with Crippen molar-refractivity contribution in [3.63, 3.8) is 0 Å². The van der Waals surface area contributed by atoms with E-state index in [1.165, 1.54) is 12.1 Å². The first-order chi connectivity index (χ1) is 22.5. The van der Waals surface area contributed by atoms with Crippen molar-refractivity contribution in [2.75, 3.05) is 21.1 Å². The Kier molecular flexibility index (Phi) is 7.75. The molecule has 11 atom stereocenters. The summed E-state index contributed by atoms with van der Waals surface area (Å²) in [6, 6.07) is 1.76. The number of aliphatic hydroxyl groups excluding tert-OH is 3. The van der Waals surface area contributed by atoms with Gasteiger partial charge in [-0.2, -0.15) is 0 Å². The van der Waals surface area contributed by atoms with E-state index in [1.807, 2.05) is 19.0 Å². The molecule has 14 heteroatoms. The van der Waals surface area contributed by atoms with Crippen LogP contribution in [0.5, 0.6) is 17.2 Å². The van der Waals surface area contributed by atoms with E-state index < -0.39 is 94.5 Å². The molecule has 0 radical (unpaired) electrons. The largest absolute Gasteiger partial charge is 0.507 e. The standard InChI is InChI=1S/C34H42N2O12/c1-12-24(37)16(36(5)6)9-18(45-12)46-17-11-33(2,44)10-14-19(17)27(40)21-22(26(14)39)28(41)20-13(25(21)38)7-8-15-30(20)47-32-29(42)23(35-4)31(43)34(15,3)48-32/h7-8,12,16-18,23-24,29,31-32,35,37,39-40,42-44H,9-11H2,1-6H3/t12-,16-,17?,18-,23?,24+,29?,31?,32?,33?,34?/m0/s1. The first-order valence-corrected chi connectivity index (χ1v) is 16.1. The summed E-state index contributed by atoms with van der Waals surface area (Å²) in [5.74, 6) is -2.79. The number of aliphatic hydroxyl groups is 4. The van der Waals surface area contributed by atoms with Gasteiger partial charge < -0.3 is 59.8 Å². The molecule has 2 bridgehead atoms. The second kappa shape index (κ2) is 11.2. The molecule has 7 N–H and O–H groups in total. The Bertz CT molecular complexity index is 1710. The smallest absolute Gasteiger partial charge is 0.228 e. The molecule has 0 saturated carbocycles. The summed E-state index contributed by atoms with van der Waals surface area (Å²) in [6.07, 6.45) is -7.10. The molecular weight excluding hydrogens is 628 g/mol. The number of carbonyl (C=O) groups is 2. The van der Waals surface area contributed by atoms with E-state index in [9.17, 15) is 40.2 Å². The van der Waals surface area contributed by atoms with Crippen LogP contribution in [0.4, 0.5) is 0 Å². The summed E-state index contributed by atoms with van der Waals surface area (Å²) in [5, 5.41) is 70.5. The van der Waals surface area contributed by atoms with E-state index >= 15 is 0 Å². The minimum atomic E-state index is -1.45. The SMILES string of the molecule is CNC1C(O)C2Oc3c(ccc4c3C(=O)c3c(O)c5c(c(O)c3C4=O)C(O[C@H]3C[C@H](N(C)C)[C@H](O)[C@H](C)O3)CC(C)(O)C5)C(C)(O2)C1O. The number of fused-ring (bicyclic) bond motifs is 8. The van der Waals surface area contributed by atoms with Crippen LogP contribution in [0, 0.1) is 0 Å². The van der Waals surface area contributed by atoms with Gasteiger partial charge in [0.05, 0.1) is 46.6 Å². The topological polar surface area (TPSA) is 208 Å². The van der Waals surface area contributed by atoms with Crippen LogP contribution in [-0.2, 0) is 26.2 Å². The fraction of sp³-hybridized carbons (Fsp3) is 0.588. The maximum atomic E-state index is 14.4. The van der Waals surface area contributed by atoms with E-state index in [0.29, 0.717) is 0 Å². The van der Waals surface area contributed by atoms with Crippen LogP contribution in [0.3, 0.4) is 0 Å². The summed E-state index contributed by atoms with van der Waals surface area (Å²) in [6.45, 7) is 4.85. The number of hydrogen-bond acceptors (Lipinski definition) is 14. The fourth-order valence-electron chi connectivity index (χ4n) is 8.25. The third-order valence-corrected chi connectivity index (χ3v) is 10.8. The maximum absolute atomic E-state index is 14.4. The lowest BCUT2D eigenvalue weighted by molar-refractivity contribution is -0.302. The highest BCUT2D eigenvalue weighted by Crippen LogP contribution is 2.55. The molecule has 7 rings (SSSR count). The Labute approximate surface area is 276 Å². The molecule has 2 aromatic rings. The monoisotopic (exact) mass is 670 g/mol. The van der Waals surface area contributed by atoms with E-state index in [4.69, 9.17) is 18.9 Å². The Morgan fingerprint density at radius 3 is 2.35 bits per heavy atom. The van der Waals surface area contributed by atoms with Gasteiger partial charge in [0.25, 0.3) is 0 Å². The van der Waals surface area contributed by atoms with Gasteiger partial charge in [0.2, 0.25) is 12.1 Å². The highest BCUT2D eigenvalue weighted by atomic mass is 16.7. The number of carbonyl (C=O) groups excluding carboxylic acids is 2. The zero-order valence-electron chi connectivity index (χ0n) is 27.6. The van der Waals surface area contributed by atoms with Crippen LogP contribution >= 0.6 is 0 Å². The minimum Gasteiger partial charge on any atom is -0.507 e. The Hall–Kier alpha value is -3.18. The molecular formula is C34H42N2O12. The van der Waals surface area contributed by atoms with Crippen molar-refractivity contribution in [3.05, 3.63) is 51.1 Å². The van der Waals surface area contributed by atoms with E-state index in [0.717, 1.165) is 0 Å². The lowest BCUT2D eigenvalue weighted by Gasteiger charge is -2.52. The van der Waals surface area contributed by atoms with Gasteiger partial charge in [0, 0.05) is 47.6 Å². The van der Waals surface area contributed by atoms with Crippen LogP contribution in [0.1, 0.15) is 88.3 Å². The summed E-state index contributed by atoms with van der Waals surface area (Å²) in [5.41, 5.74) is -3.67. The minimum absolute atomic E-state index is 0.0203. The van der Waals surface area contributed by atoms with Gasteiger partial charge in [-0.05, 0) is 48.0 Å². The van der Waals surface area contributed by atoms with Crippen LogP contribution in [-0.4, -0.2) is 123 Å². The second-order valence-corrected chi connectivity index (χ2v) is 14.4. The van der Waals surface area contributed by atoms with Crippen LogP contribution in [0.25, 0.3) is 0 Å². The average molecular weight is 671 g/mol. The van der Waals surface area contributed by atoms with Gasteiger partial charge in [-0.25, -0.2) is 0 Å².